The summed E-state index contributed by atoms with van der Waals surface area (Å²) in [4.78, 5) is 10.5. The summed E-state index contributed by atoms with van der Waals surface area (Å²) in [6.07, 6.45) is 0.814. The Kier molecular flexibility index (Phi) is 2.37. The number of ether oxygens (including phenoxy) is 1. The number of carbonyl (C=O) groups is 1. The van der Waals surface area contributed by atoms with E-state index in [0.717, 1.165) is 23.3 Å². The number of fused-ring (bicyclic) bond motifs is 1. The van der Waals surface area contributed by atoms with Crippen LogP contribution in [0.25, 0.3) is 0 Å². The molecule has 2 rings (SSSR count). The topological polar surface area (TPSA) is 58.6 Å². The second-order valence-electron chi connectivity index (χ2n) is 3.19. The number of aliphatic hydroxyl groups is 1. The minimum atomic E-state index is -0.295. The van der Waals surface area contributed by atoms with Crippen molar-refractivity contribution in [2.45, 2.75) is 12.6 Å². The maximum Gasteiger partial charge on any atom is 0.145 e. The van der Waals surface area contributed by atoms with Crippen LogP contribution in [-0.4, -0.2) is 24.0 Å². The Balaban J connectivity index is 2.29. The van der Waals surface area contributed by atoms with Gasteiger partial charge in [-0.25, -0.2) is 0 Å². The van der Waals surface area contributed by atoms with Crippen LogP contribution in [0.15, 0.2) is 18.2 Å². The Bertz CT molecular complexity index is 351. The van der Waals surface area contributed by atoms with Crippen molar-refractivity contribution in [3.05, 3.63) is 23.8 Å². The van der Waals surface area contributed by atoms with Crippen LogP contribution in [-0.2, 0) is 11.4 Å². The molecule has 0 spiro atoms. The van der Waals surface area contributed by atoms with Gasteiger partial charge in [0.1, 0.15) is 24.7 Å². The molecule has 4 heteroatoms. The number of benzene rings is 1. The van der Waals surface area contributed by atoms with Gasteiger partial charge >= 0.3 is 0 Å². The predicted molar refractivity (Wildman–Crippen MR) is 51.3 cm³/mol. The van der Waals surface area contributed by atoms with Gasteiger partial charge in [0.05, 0.1) is 12.3 Å². The highest BCUT2D eigenvalue weighted by molar-refractivity contribution is 5.70. The molecule has 0 aliphatic carbocycles. The summed E-state index contributed by atoms with van der Waals surface area (Å²) >= 11 is 0. The van der Waals surface area contributed by atoms with Gasteiger partial charge in [0.15, 0.2) is 0 Å². The van der Waals surface area contributed by atoms with Crippen molar-refractivity contribution in [3.63, 3.8) is 0 Å². The van der Waals surface area contributed by atoms with E-state index in [2.05, 4.69) is 5.32 Å². The molecule has 0 aromatic heterocycles. The summed E-state index contributed by atoms with van der Waals surface area (Å²) < 4.78 is 5.35. The van der Waals surface area contributed by atoms with Gasteiger partial charge in [-0.2, -0.15) is 0 Å². The molecule has 74 valence electrons. The van der Waals surface area contributed by atoms with Crippen molar-refractivity contribution in [3.8, 4) is 5.75 Å². The first kappa shape index (κ1) is 9.02. The van der Waals surface area contributed by atoms with Gasteiger partial charge in [-0.3, -0.25) is 0 Å². The minimum absolute atomic E-state index is 0.0132. The molecule has 1 aliphatic rings. The highest BCUT2D eigenvalue weighted by atomic mass is 16.5. The van der Waals surface area contributed by atoms with Gasteiger partial charge in [-0.1, -0.05) is 6.07 Å². The van der Waals surface area contributed by atoms with E-state index in [9.17, 15) is 4.79 Å². The third kappa shape index (κ3) is 1.56. The Morgan fingerprint density at radius 1 is 1.64 bits per heavy atom. The molecular formula is C10H11NO3. The Hall–Kier alpha value is -1.55. The molecule has 1 atom stereocenters. The lowest BCUT2D eigenvalue weighted by Gasteiger charge is -2.24. The van der Waals surface area contributed by atoms with Crippen molar-refractivity contribution in [2.24, 2.45) is 0 Å². The molecule has 4 nitrogen and oxygen atoms in total. The minimum Gasteiger partial charge on any atom is -0.489 e. The Labute approximate surface area is 81.5 Å². The molecule has 0 saturated heterocycles. The average molecular weight is 193 g/mol. The third-order valence-electron chi connectivity index (χ3n) is 2.15. The lowest BCUT2D eigenvalue weighted by atomic mass is 10.1. The fraction of sp³-hybridized carbons (Fsp3) is 0.300. The van der Waals surface area contributed by atoms with E-state index in [1.807, 2.05) is 0 Å². The quantitative estimate of drug-likeness (QED) is 0.673. The maximum absolute atomic E-state index is 10.5. The molecule has 1 heterocycles. The van der Waals surface area contributed by atoms with E-state index in [0.29, 0.717) is 6.61 Å². The van der Waals surface area contributed by atoms with Gasteiger partial charge in [-0.15, -0.1) is 0 Å². The Morgan fingerprint density at radius 3 is 3.21 bits per heavy atom. The van der Waals surface area contributed by atoms with Crippen LogP contribution in [0.3, 0.4) is 0 Å². The summed E-state index contributed by atoms with van der Waals surface area (Å²) in [5.74, 6) is 0.723. The Morgan fingerprint density at radius 2 is 2.50 bits per heavy atom. The molecule has 1 aromatic carbocycles. The molecular weight excluding hydrogens is 182 g/mol. The lowest BCUT2D eigenvalue weighted by molar-refractivity contribution is -0.109. The van der Waals surface area contributed by atoms with Crippen molar-refractivity contribution in [2.75, 3.05) is 11.9 Å². The largest absolute Gasteiger partial charge is 0.489 e. The summed E-state index contributed by atoms with van der Waals surface area (Å²) in [6.45, 7) is 0.343. The average Bonchev–Trinajstić information content (AvgIpc) is 2.27. The van der Waals surface area contributed by atoms with Crippen molar-refractivity contribution >= 4 is 12.0 Å². The summed E-state index contributed by atoms with van der Waals surface area (Å²) in [6, 6.07) is 5.07. The van der Waals surface area contributed by atoms with E-state index in [4.69, 9.17) is 9.84 Å². The molecule has 0 fully saturated rings. The number of hydrogen-bond donors (Lipinski definition) is 2. The second kappa shape index (κ2) is 3.67. The highest BCUT2D eigenvalue weighted by Crippen LogP contribution is 2.29. The summed E-state index contributed by atoms with van der Waals surface area (Å²) in [5, 5.41) is 11.9. The number of hydrogen-bond acceptors (Lipinski definition) is 4. The van der Waals surface area contributed by atoms with Crippen LogP contribution >= 0.6 is 0 Å². The summed E-state index contributed by atoms with van der Waals surface area (Å²) in [7, 11) is 0. The summed E-state index contributed by atoms with van der Waals surface area (Å²) in [5.41, 5.74) is 1.56. The van der Waals surface area contributed by atoms with Crippen LogP contribution in [0.4, 0.5) is 5.69 Å². The van der Waals surface area contributed by atoms with Gasteiger partial charge < -0.3 is 20.0 Å². The number of carbonyl (C=O) groups excluding carboxylic acids is 1. The standard InChI is InChI=1S/C10H11NO3/c12-4-7-1-2-10-9(3-7)11-8(5-13)6-14-10/h1-3,5,8,11-12H,4,6H2. The molecule has 0 bridgehead atoms. The zero-order valence-electron chi connectivity index (χ0n) is 7.56. The SMILES string of the molecule is O=CC1COc2ccc(CO)cc2N1. The number of anilines is 1. The van der Waals surface area contributed by atoms with E-state index in [1.165, 1.54) is 0 Å². The van der Waals surface area contributed by atoms with E-state index in [1.54, 1.807) is 18.2 Å². The van der Waals surface area contributed by atoms with E-state index >= 15 is 0 Å². The van der Waals surface area contributed by atoms with Crippen LogP contribution in [0, 0.1) is 0 Å². The predicted octanol–water partition coefficient (Wildman–Crippen LogP) is 0.551. The van der Waals surface area contributed by atoms with Crippen molar-refractivity contribution in [1.82, 2.24) is 0 Å². The zero-order valence-corrected chi connectivity index (χ0v) is 7.56. The first-order chi connectivity index (χ1) is 6.83. The fourth-order valence-corrected chi connectivity index (χ4v) is 1.41. The molecule has 1 unspecified atom stereocenters. The monoisotopic (exact) mass is 193 g/mol. The normalized spacial score (nSPS) is 19.1. The molecule has 0 amide bonds. The van der Waals surface area contributed by atoms with Gasteiger partial charge in [0.25, 0.3) is 0 Å². The highest BCUT2D eigenvalue weighted by Gasteiger charge is 2.17. The second-order valence-corrected chi connectivity index (χ2v) is 3.19. The lowest BCUT2D eigenvalue weighted by Crippen LogP contribution is -2.32. The molecule has 2 N–H and O–H groups in total. The van der Waals surface area contributed by atoms with E-state index in [-0.39, 0.29) is 12.6 Å². The number of nitrogens with one attached hydrogen (secondary N) is 1. The number of aliphatic hydroxyl groups excluding tert-OH is 1. The third-order valence-corrected chi connectivity index (χ3v) is 2.15. The molecule has 0 radical (unpaired) electrons. The maximum atomic E-state index is 10.5. The molecule has 14 heavy (non-hydrogen) atoms. The van der Waals surface area contributed by atoms with Crippen molar-refractivity contribution < 1.29 is 14.6 Å². The van der Waals surface area contributed by atoms with Crippen molar-refractivity contribution in [1.29, 1.82) is 0 Å². The molecule has 0 saturated carbocycles. The van der Waals surface area contributed by atoms with Crippen LogP contribution < -0.4 is 10.1 Å². The first-order valence-electron chi connectivity index (χ1n) is 4.42. The fourth-order valence-electron chi connectivity index (χ4n) is 1.41. The van der Waals surface area contributed by atoms with Crippen LogP contribution in [0.1, 0.15) is 5.56 Å². The van der Waals surface area contributed by atoms with Gasteiger partial charge in [-0.05, 0) is 17.7 Å². The first-order valence-corrected chi connectivity index (χ1v) is 4.42. The van der Waals surface area contributed by atoms with Crippen LogP contribution in [0.5, 0.6) is 5.75 Å². The van der Waals surface area contributed by atoms with E-state index < -0.39 is 0 Å². The smallest absolute Gasteiger partial charge is 0.145 e. The molecule has 1 aromatic rings. The van der Waals surface area contributed by atoms with Gasteiger partial charge in [0.2, 0.25) is 0 Å². The zero-order chi connectivity index (χ0) is 9.97. The molecule has 1 aliphatic heterocycles. The van der Waals surface area contributed by atoms with Crippen LogP contribution in [0.2, 0.25) is 0 Å². The number of rotatable bonds is 2. The van der Waals surface area contributed by atoms with Gasteiger partial charge in [0, 0.05) is 0 Å². The number of aldehydes is 1.